The maximum atomic E-state index is 14.1. The van der Waals surface area contributed by atoms with Crippen molar-refractivity contribution >= 4 is 0 Å². The molecule has 140 valence electrons. The van der Waals surface area contributed by atoms with Crippen LogP contribution in [-0.4, -0.2) is 10.3 Å². The van der Waals surface area contributed by atoms with E-state index >= 15 is 0 Å². The number of ether oxygens (including phenoxy) is 1. The molecule has 1 heterocycles. The van der Waals surface area contributed by atoms with Gasteiger partial charge in [0.1, 0.15) is 28.8 Å². The van der Waals surface area contributed by atoms with Crippen molar-refractivity contribution in [3.8, 4) is 34.1 Å². The fraction of sp³-hybridized carbons (Fsp3) is 0.0455. The molecular weight excluding hydrogens is 364 g/mol. The van der Waals surface area contributed by atoms with Gasteiger partial charge >= 0.3 is 0 Å². The van der Waals surface area contributed by atoms with Crippen LogP contribution in [-0.2, 0) is 6.61 Å². The highest BCUT2D eigenvalue weighted by Gasteiger charge is 2.23. The van der Waals surface area contributed by atoms with E-state index in [1.54, 1.807) is 24.3 Å². The van der Waals surface area contributed by atoms with Crippen LogP contribution >= 0.6 is 0 Å². The Balaban J connectivity index is 1.68. The lowest BCUT2D eigenvalue weighted by Gasteiger charge is -2.06. The molecule has 4 nitrogen and oxygen atoms in total. The average molecular weight is 379 g/mol. The molecule has 0 saturated heterocycles. The summed E-state index contributed by atoms with van der Waals surface area (Å²) in [5, 5.41) is 13.7. The van der Waals surface area contributed by atoms with Crippen molar-refractivity contribution in [2.24, 2.45) is 0 Å². The number of benzene rings is 3. The lowest BCUT2D eigenvalue weighted by Crippen LogP contribution is -1.94. The van der Waals surface area contributed by atoms with Gasteiger partial charge in [0.05, 0.1) is 17.7 Å². The molecule has 3 aromatic carbocycles. The first kappa shape index (κ1) is 17.9. The number of aliphatic hydroxyl groups excluding tert-OH is 1. The Labute approximate surface area is 159 Å². The Morgan fingerprint density at radius 2 is 1.46 bits per heavy atom. The molecule has 0 spiro atoms. The lowest BCUT2D eigenvalue weighted by molar-refractivity contribution is 0.281. The van der Waals surface area contributed by atoms with Gasteiger partial charge in [0, 0.05) is 5.56 Å². The number of nitrogens with zero attached hydrogens (tertiary/aromatic N) is 1. The van der Waals surface area contributed by atoms with Crippen molar-refractivity contribution in [1.29, 1.82) is 0 Å². The van der Waals surface area contributed by atoms with E-state index in [-0.39, 0.29) is 16.9 Å². The van der Waals surface area contributed by atoms with Crippen molar-refractivity contribution < 1.29 is 23.1 Å². The fourth-order valence-electron chi connectivity index (χ4n) is 2.90. The summed E-state index contributed by atoms with van der Waals surface area (Å²) >= 11 is 0. The second-order valence-corrected chi connectivity index (χ2v) is 6.03. The van der Waals surface area contributed by atoms with Crippen LogP contribution in [0.25, 0.3) is 22.6 Å². The molecule has 1 N–H and O–H groups in total. The third-order valence-corrected chi connectivity index (χ3v) is 4.24. The number of para-hydroxylation sites is 1. The van der Waals surface area contributed by atoms with Crippen LogP contribution in [0.1, 0.15) is 5.56 Å². The molecule has 0 aliphatic carbocycles. The van der Waals surface area contributed by atoms with Crippen LogP contribution < -0.4 is 4.74 Å². The van der Waals surface area contributed by atoms with Gasteiger partial charge in [-0.3, -0.25) is 0 Å². The minimum Gasteiger partial charge on any atom is -0.457 e. The molecule has 0 atom stereocenters. The van der Waals surface area contributed by atoms with Gasteiger partial charge in [0.15, 0.2) is 5.76 Å². The van der Waals surface area contributed by atoms with E-state index < -0.39 is 18.2 Å². The van der Waals surface area contributed by atoms with Crippen LogP contribution in [0.3, 0.4) is 0 Å². The smallest absolute Gasteiger partial charge is 0.178 e. The first-order chi connectivity index (χ1) is 13.7. The maximum Gasteiger partial charge on any atom is 0.178 e. The molecule has 0 bridgehead atoms. The molecule has 4 rings (SSSR count). The first-order valence-corrected chi connectivity index (χ1v) is 8.54. The summed E-state index contributed by atoms with van der Waals surface area (Å²) in [6.07, 6.45) is 0. The van der Waals surface area contributed by atoms with Gasteiger partial charge in [-0.25, -0.2) is 8.78 Å². The highest BCUT2D eigenvalue weighted by atomic mass is 19.1. The zero-order valence-corrected chi connectivity index (χ0v) is 14.6. The topological polar surface area (TPSA) is 55.5 Å². The zero-order valence-electron chi connectivity index (χ0n) is 14.6. The number of hydrogen-bond donors (Lipinski definition) is 1. The van der Waals surface area contributed by atoms with E-state index in [0.29, 0.717) is 22.8 Å². The standard InChI is InChI=1S/C22H15F2NO3/c23-18-7-4-8-19(24)20(18)22-17(13-26)21(25-28-22)14-9-11-16(12-10-14)27-15-5-2-1-3-6-15/h1-12,26H,13H2. The second kappa shape index (κ2) is 7.62. The second-order valence-electron chi connectivity index (χ2n) is 6.03. The molecule has 6 heteroatoms. The highest BCUT2D eigenvalue weighted by molar-refractivity contribution is 5.73. The normalized spacial score (nSPS) is 10.8. The van der Waals surface area contributed by atoms with Crippen molar-refractivity contribution in [2.45, 2.75) is 6.61 Å². The van der Waals surface area contributed by atoms with Gasteiger partial charge in [-0.1, -0.05) is 29.4 Å². The minimum atomic E-state index is -0.788. The molecule has 1 aromatic heterocycles. The Bertz CT molecular complexity index is 1070. The van der Waals surface area contributed by atoms with E-state index in [1.165, 1.54) is 6.07 Å². The van der Waals surface area contributed by atoms with Gasteiger partial charge in [-0.05, 0) is 48.5 Å². The molecule has 0 fully saturated rings. The summed E-state index contributed by atoms with van der Waals surface area (Å²) in [6, 6.07) is 19.8. The molecular formula is C22H15F2NO3. The van der Waals surface area contributed by atoms with E-state index in [9.17, 15) is 13.9 Å². The van der Waals surface area contributed by atoms with Gasteiger partial charge in [-0.15, -0.1) is 0 Å². The predicted molar refractivity (Wildman–Crippen MR) is 99.7 cm³/mol. The quantitative estimate of drug-likeness (QED) is 0.492. The molecule has 0 radical (unpaired) electrons. The summed E-state index contributed by atoms with van der Waals surface area (Å²) < 4.78 is 39.1. The van der Waals surface area contributed by atoms with Gasteiger partial charge < -0.3 is 14.4 Å². The molecule has 0 saturated carbocycles. The fourth-order valence-corrected chi connectivity index (χ4v) is 2.90. The van der Waals surface area contributed by atoms with Gasteiger partial charge in [0.2, 0.25) is 0 Å². The lowest BCUT2D eigenvalue weighted by atomic mass is 10.0. The molecule has 0 unspecified atom stereocenters. The summed E-state index contributed by atoms with van der Waals surface area (Å²) in [7, 11) is 0. The number of hydrogen-bond acceptors (Lipinski definition) is 4. The predicted octanol–water partition coefficient (Wildman–Crippen LogP) is 5.57. The molecule has 28 heavy (non-hydrogen) atoms. The van der Waals surface area contributed by atoms with Gasteiger partial charge in [0.25, 0.3) is 0 Å². The van der Waals surface area contributed by atoms with Crippen LogP contribution in [0, 0.1) is 11.6 Å². The molecule has 0 aliphatic rings. The van der Waals surface area contributed by atoms with Crippen LogP contribution in [0.5, 0.6) is 11.5 Å². The molecule has 4 aromatic rings. The monoisotopic (exact) mass is 379 g/mol. The Morgan fingerprint density at radius 1 is 0.821 bits per heavy atom. The van der Waals surface area contributed by atoms with Crippen molar-refractivity contribution in [3.05, 3.63) is 90.0 Å². The number of rotatable bonds is 5. The molecule has 0 amide bonds. The Kier molecular flexibility index (Phi) is 4.87. The maximum absolute atomic E-state index is 14.1. The van der Waals surface area contributed by atoms with Crippen molar-refractivity contribution in [1.82, 2.24) is 5.16 Å². The van der Waals surface area contributed by atoms with Crippen LogP contribution in [0.4, 0.5) is 8.78 Å². The highest BCUT2D eigenvalue weighted by Crippen LogP contribution is 2.35. The van der Waals surface area contributed by atoms with Crippen molar-refractivity contribution in [3.63, 3.8) is 0 Å². The third kappa shape index (κ3) is 3.37. The van der Waals surface area contributed by atoms with E-state index in [0.717, 1.165) is 12.1 Å². The Morgan fingerprint density at radius 3 is 2.11 bits per heavy atom. The summed E-state index contributed by atoms with van der Waals surface area (Å²) in [6.45, 7) is -0.482. The first-order valence-electron chi connectivity index (χ1n) is 8.54. The zero-order chi connectivity index (χ0) is 19.5. The average Bonchev–Trinajstić information content (AvgIpc) is 3.13. The molecule has 0 aliphatic heterocycles. The number of aliphatic hydroxyl groups is 1. The van der Waals surface area contributed by atoms with Crippen LogP contribution in [0.15, 0.2) is 77.3 Å². The SMILES string of the molecule is OCc1c(-c2ccc(Oc3ccccc3)cc2)noc1-c1c(F)cccc1F. The van der Waals surface area contributed by atoms with Crippen molar-refractivity contribution in [2.75, 3.05) is 0 Å². The number of aromatic nitrogens is 1. The Hall–Kier alpha value is -3.51. The van der Waals surface area contributed by atoms with E-state index in [4.69, 9.17) is 9.26 Å². The summed E-state index contributed by atoms with van der Waals surface area (Å²) in [5.41, 5.74) is 0.790. The summed E-state index contributed by atoms with van der Waals surface area (Å²) in [5.74, 6) is -0.389. The van der Waals surface area contributed by atoms with Crippen LogP contribution in [0.2, 0.25) is 0 Å². The number of halogens is 2. The largest absolute Gasteiger partial charge is 0.457 e. The third-order valence-electron chi connectivity index (χ3n) is 4.24. The van der Waals surface area contributed by atoms with E-state index in [2.05, 4.69) is 5.16 Å². The summed E-state index contributed by atoms with van der Waals surface area (Å²) in [4.78, 5) is 0. The minimum absolute atomic E-state index is 0.127. The van der Waals surface area contributed by atoms with E-state index in [1.807, 2.05) is 30.3 Å². The van der Waals surface area contributed by atoms with Gasteiger partial charge in [-0.2, -0.15) is 0 Å².